The average Bonchev–Trinajstić information content (AvgIpc) is 2.35. The van der Waals surface area contributed by atoms with Gasteiger partial charge in [0.2, 0.25) is 0 Å². The van der Waals surface area contributed by atoms with E-state index in [1.54, 1.807) is 19.1 Å². The molecule has 6 heteroatoms. The van der Waals surface area contributed by atoms with Gasteiger partial charge >= 0.3 is 0 Å². The van der Waals surface area contributed by atoms with E-state index in [1.807, 2.05) is 6.92 Å². The van der Waals surface area contributed by atoms with E-state index in [4.69, 9.17) is 4.74 Å². The first kappa shape index (κ1) is 14.6. The molecular weight excluding hydrogens is 240 g/mol. The van der Waals surface area contributed by atoms with E-state index >= 15 is 0 Å². The molecule has 0 aromatic carbocycles. The van der Waals surface area contributed by atoms with Gasteiger partial charge in [-0.05, 0) is 6.42 Å². The van der Waals surface area contributed by atoms with Crippen LogP contribution in [0.1, 0.15) is 13.3 Å². The average molecular weight is 259 g/mol. The van der Waals surface area contributed by atoms with E-state index in [2.05, 4.69) is 10.3 Å². The van der Waals surface area contributed by atoms with E-state index in [0.29, 0.717) is 19.7 Å². The number of methoxy groups -OCH3 is 1. The molecule has 1 aromatic heterocycles. The van der Waals surface area contributed by atoms with Gasteiger partial charge in [-0.2, -0.15) is 0 Å². The molecule has 0 saturated heterocycles. The highest BCUT2D eigenvalue weighted by atomic mass is 19.1. The minimum atomic E-state index is -0.676. The van der Waals surface area contributed by atoms with Crippen LogP contribution in [0.15, 0.2) is 6.07 Å². The van der Waals surface area contributed by atoms with Crippen LogP contribution in [0.4, 0.5) is 20.4 Å². The van der Waals surface area contributed by atoms with Gasteiger partial charge in [0, 0.05) is 33.3 Å². The normalized spacial score (nSPS) is 10.5. The number of nitrogens with zero attached hydrogens (tertiary/aromatic N) is 2. The van der Waals surface area contributed by atoms with Gasteiger partial charge < -0.3 is 15.0 Å². The third-order valence-electron chi connectivity index (χ3n) is 2.45. The number of rotatable bonds is 7. The summed E-state index contributed by atoms with van der Waals surface area (Å²) in [6.07, 6.45) is 0.841. The number of pyridine rings is 1. The van der Waals surface area contributed by atoms with Crippen molar-refractivity contribution >= 4 is 11.6 Å². The number of likely N-dealkylation sites (N-methyl/N-ethyl adjacent to an activating group) is 1. The van der Waals surface area contributed by atoms with Crippen molar-refractivity contribution in [3.8, 4) is 0 Å². The third kappa shape index (κ3) is 3.80. The Hall–Kier alpha value is -1.43. The zero-order valence-electron chi connectivity index (χ0n) is 11.0. The molecule has 18 heavy (non-hydrogen) atoms. The Labute approximate surface area is 106 Å². The number of aromatic nitrogens is 1. The Bertz CT molecular complexity index is 388. The topological polar surface area (TPSA) is 37.4 Å². The van der Waals surface area contributed by atoms with E-state index < -0.39 is 11.6 Å². The largest absolute Gasteiger partial charge is 0.383 e. The number of nitrogens with one attached hydrogen (secondary N) is 1. The SMILES string of the molecule is CCCNc1nc(N(C)CCOC)c(F)cc1F. The highest BCUT2D eigenvalue weighted by Crippen LogP contribution is 2.21. The molecule has 0 saturated carbocycles. The van der Waals surface area contributed by atoms with Crippen LogP contribution in [-0.2, 0) is 4.74 Å². The van der Waals surface area contributed by atoms with Crippen LogP contribution in [0.25, 0.3) is 0 Å². The second-order valence-electron chi connectivity index (χ2n) is 3.97. The zero-order valence-corrected chi connectivity index (χ0v) is 11.0. The van der Waals surface area contributed by atoms with Gasteiger partial charge in [-0.1, -0.05) is 6.92 Å². The van der Waals surface area contributed by atoms with E-state index in [1.165, 1.54) is 0 Å². The molecule has 0 fully saturated rings. The minimum Gasteiger partial charge on any atom is -0.383 e. The zero-order chi connectivity index (χ0) is 13.5. The molecule has 0 amide bonds. The van der Waals surface area contributed by atoms with Gasteiger partial charge in [-0.3, -0.25) is 0 Å². The molecule has 0 aliphatic heterocycles. The van der Waals surface area contributed by atoms with Gasteiger partial charge in [-0.25, -0.2) is 13.8 Å². The quantitative estimate of drug-likeness (QED) is 0.815. The van der Waals surface area contributed by atoms with E-state index in [0.717, 1.165) is 12.5 Å². The summed E-state index contributed by atoms with van der Waals surface area (Å²) in [6, 6.07) is 0.851. The fourth-order valence-corrected chi connectivity index (χ4v) is 1.43. The molecule has 0 aliphatic carbocycles. The summed E-state index contributed by atoms with van der Waals surface area (Å²) in [5.41, 5.74) is 0. The lowest BCUT2D eigenvalue weighted by Crippen LogP contribution is -2.24. The van der Waals surface area contributed by atoms with Crippen molar-refractivity contribution in [2.24, 2.45) is 0 Å². The molecule has 0 bridgehead atoms. The van der Waals surface area contributed by atoms with Crippen LogP contribution >= 0.6 is 0 Å². The molecule has 0 spiro atoms. The highest BCUT2D eigenvalue weighted by Gasteiger charge is 2.14. The molecule has 0 unspecified atom stereocenters. The second kappa shape index (κ2) is 7.10. The van der Waals surface area contributed by atoms with Crippen molar-refractivity contribution in [1.82, 2.24) is 4.98 Å². The molecule has 0 atom stereocenters. The van der Waals surface area contributed by atoms with E-state index in [-0.39, 0.29) is 11.6 Å². The van der Waals surface area contributed by atoms with Crippen LogP contribution in [-0.4, -0.2) is 38.8 Å². The van der Waals surface area contributed by atoms with Crippen LogP contribution in [0, 0.1) is 11.6 Å². The van der Waals surface area contributed by atoms with Gasteiger partial charge in [0.1, 0.15) is 0 Å². The van der Waals surface area contributed by atoms with Crippen molar-refractivity contribution in [3.63, 3.8) is 0 Å². The smallest absolute Gasteiger partial charge is 0.168 e. The molecule has 0 aliphatic rings. The lowest BCUT2D eigenvalue weighted by atomic mass is 10.3. The summed E-state index contributed by atoms with van der Waals surface area (Å²) in [5.74, 6) is -1.15. The first-order valence-electron chi connectivity index (χ1n) is 5.90. The third-order valence-corrected chi connectivity index (χ3v) is 2.45. The van der Waals surface area contributed by atoms with Gasteiger partial charge in [0.05, 0.1) is 6.61 Å². The number of halogens is 2. The summed E-state index contributed by atoms with van der Waals surface area (Å²) in [4.78, 5) is 5.56. The fraction of sp³-hybridized carbons (Fsp3) is 0.583. The van der Waals surface area contributed by atoms with Crippen molar-refractivity contribution < 1.29 is 13.5 Å². The van der Waals surface area contributed by atoms with Crippen LogP contribution in [0.2, 0.25) is 0 Å². The fourth-order valence-electron chi connectivity index (χ4n) is 1.43. The van der Waals surface area contributed by atoms with Gasteiger partial charge in [0.25, 0.3) is 0 Å². The maximum atomic E-state index is 13.6. The summed E-state index contributed by atoms with van der Waals surface area (Å²) in [7, 11) is 3.25. The number of anilines is 2. The summed E-state index contributed by atoms with van der Waals surface area (Å²) < 4.78 is 32.0. The molecule has 1 rings (SSSR count). The Morgan fingerprint density at radius 3 is 2.72 bits per heavy atom. The molecule has 1 heterocycles. The van der Waals surface area contributed by atoms with Crippen LogP contribution < -0.4 is 10.2 Å². The first-order chi connectivity index (χ1) is 8.60. The lowest BCUT2D eigenvalue weighted by molar-refractivity contribution is 0.206. The van der Waals surface area contributed by atoms with Crippen molar-refractivity contribution in [1.29, 1.82) is 0 Å². The molecule has 1 aromatic rings. The molecule has 0 radical (unpaired) electrons. The molecule has 4 nitrogen and oxygen atoms in total. The Balaban J connectivity index is 2.89. The predicted octanol–water partition coefficient (Wildman–Crippen LogP) is 2.26. The maximum Gasteiger partial charge on any atom is 0.168 e. The van der Waals surface area contributed by atoms with Crippen molar-refractivity contribution in [3.05, 3.63) is 17.7 Å². The Morgan fingerprint density at radius 1 is 1.39 bits per heavy atom. The summed E-state index contributed by atoms with van der Waals surface area (Å²) >= 11 is 0. The van der Waals surface area contributed by atoms with E-state index in [9.17, 15) is 8.78 Å². The standard InChI is InChI=1S/C12H19F2N3O/c1-4-5-15-11-9(13)8-10(14)12(16-11)17(2)6-7-18-3/h8H,4-7H2,1-3H3,(H,15,16). The summed E-state index contributed by atoms with van der Waals surface area (Å²) in [5, 5.41) is 2.83. The van der Waals surface area contributed by atoms with Crippen LogP contribution in [0.5, 0.6) is 0 Å². The second-order valence-corrected chi connectivity index (χ2v) is 3.97. The lowest BCUT2D eigenvalue weighted by Gasteiger charge is -2.19. The van der Waals surface area contributed by atoms with Gasteiger partial charge in [-0.15, -0.1) is 0 Å². The van der Waals surface area contributed by atoms with Crippen LogP contribution in [0.3, 0.4) is 0 Å². The van der Waals surface area contributed by atoms with Crippen molar-refractivity contribution in [2.75, 3.05) is 44.1 Å². The molecule has 102 valence electrons. The summed E-state index contributed by atoms with van der Waals surface area (Å²) in [6.45, 7) is 3.49. The van der Waals surface area contributed by atoms with Crippen molar-refractivity contribution in [2.45, 2.75) is 13.3 Å². The number of hydrogen-bond donors (Lipinski definition) is 1. The van der Waals surface area contributed by atoms with Gasteiger partial charge in [0.15, 0.2) is 23.3 Å². The number of ether oxygens (including phenoxy) is 1. The minimum absolute atomic E-state index is 0.0810. The Kier molecular flexibility index (Phi) is 5.77. The maximum absolute atomic E-state index is 13.6. The number of hydrogen-bond acceptors (Lipinski definition) is 4. The molecular formula is C12H19F2N3O. The monoisotopic (exact) mass is 259 g/mol. The highest BCUT2D eigenvalue weighted by molar-refractivity contribution is 5.48. The first-order valence-corrected chi connectivity index (χ1v) is 5.90. The predicted molar refractivity (Wildman–Crippen MR) is 68.1 cm³/mol. The molecule has 1 N–H and O–H groups in total. The Morgan fingerprint density at radius 2 is 2.11 bits per heavy atom.